The lowest BCUT2D eigenvalue weighted by Gasteiger charge is -2.30. The van der Waals surface area contributed by atoms with Gasteiger partial charge in [0.15, 0.2) is 12.1 Å². The van der Waals surface area contributed by atoms with E-state index in [1.165, 1.54) is 18.9 Å². The minimum absolute atomic E-state index is 0.00821. The van der Waals surface area contributed by atoms with Crippen molar-refractivity contribution < 1.29 is 23.4 Å². The molecular weight excluding hydrogens is 452 g/mol. The summed E-state index contributed by atoms with van der Waals surface area (Å²) in [5.41, 5.74) is 2.72. The van der Waals surface area contributed by atoms with Crippen molar-refractivity contribution in [2.45, 2.75) is 19.4 Å². The molecule has 180 valence electrons. The molecule has 2 aliphatic rings. The maximum absolute atomic E-state index is 12.4. The number of pyridine rings is 1. The first-order valence-electron chi connectivity index (χ1n) is 11.2. The highest BCUT2D eigenvalue weighted by atomic mass is 16.5. The average molecular weight is 476 g/mol. The summed E-state index contributed by atoms with van der Waals surface area (Å²) >= 11 is 0. The Morgan fingerprint density at radius 3 is 2.86 bits per heavy atom. The zero-order valence-electron chi connectivity index (χ0n) is 19.4. The van der Waals surface area contributed by atoms with Gasteiger partial charge in [-0.2, -0.15) is 0 Å². The van der Waals surface area contributed by atoms with E-state index in [0.717, 1.165) is 36.3 Å². The number of aromatic nitrogens is 4. The first kappa shape index (κ1) is 22.5. The predicted molar refractivity (Wildman–Crippen MR) is 123 cm³/mol. The Morgan fingerprint density at radius 2 is 2.06 bits per heavy atom. The molecule has 0 N–H and O–H groups in total. The van der Waals surface area contributed by atoms with Crippen molar-refractivity contribution in [2.75, 3.05) is 38.8 Å². The number of ether oxygens (including phenoxy) is 3. The molecule has 11 nitrogen and oxygen atoms in total. The van der Waals surface area contributed by atoms with Crippen LogP contribution >= 0.6 is 0 Å². The second kappa shape index (κ2) is 9.89. The highest BCUT2D eigenvalue weighted by molar-refractivity contribution is 5.91. The van der Waals surface area contributed by atoms with Gasteiger partial charge >= 0.3 is 0 Å². The summed E-state index contributed by atoms with van der Waals surface area (Å²) in [6.45, 7) is 2.44. The molecular formula is C24H24N6O5. The van der Waals surface area contributed by atoms with Crippen molar-refractivity contribution >= 4 is 11.6 Å². The number of hydrogen-bond acceptors (Lipinski definition) is 10. The molecule has 2 aliphatic heterocycles. The number of nitrogens with zero attached hydrogens (tertiary/aromatic N) is 6. The molecule has 11 heteroatoms. The van der Waals surface area contributed by atoms with E-state index in [1.807, 2.05) is 6.07 Å². The minimum Gasteiger partial charge on any atom is -0.491 e. The van der Waals surface area contributed by atoms with Crippen LogP contribution in [0.15, 0.2) is 35.6 Å². The lowest BCUT2D eigenvalue weighted by atomic mass is 10.1. The topological polar surface area (TPSA) is 116 Å². The number of carbonyl (C=O) groups is 1. The van der Waals surface area contributed by atoms with E-state index in [4.69, 9.17) is 18.6 Å². The van der Waals surface area contributed by atoms with Crippen molar-refractivity contribution in [1.29, 1.82) is 0 Å². The third-order valence-electron chi connectivity index (χ3n) is 6.07. The van der Waals surface area contributed by atoms with Crippen LogP contribution < -0.4 is 19.1 Å². The third kappa shape index (κ3) is 4.68. The van der Waals surface area contributed by atoms with Gasteiger partial charge in [-0.3, -0.25) is 4.79 Å². The molecule has 0 aliphatic carbocycles. The van der Waals surface area contributed by atoms with Gasteiger partial charge in [0, 0.05) is 38.0 Å². The molecule has 1 unspecified atom stereocenters. The molecule has 0 spiro atoms. The Balaban J connectivity index is 1.26. The molecule has 3 aromatic rings. The normalized spacial score (nSPS) is 16.8. The molecule has 1 saturated heterocycles. The van der Waals surface area contributed by atoms with Crippen molar-refractivity contribution in [3.63, 3.8) is 0 Å². The van der Waals surface area contributed by atoms with Crippen LogP contribution in [0.2, 0.25) is 0 Å². The molecule has 0 aromatic carbocycles. The van der Waals surface area contributed by atoms with E-state index >= 15 is 0 Å². The van der Waals surface area contributed by atoms with E-state index in [1.54, 1.807) is 25.3 Å². The zero-order valence-corrected chi connectivity index (χ0v) is 19.4. The first-order chi connectivity index (χ1) is 17.2. The number of rotatable bonds is 5. The second-order valence-electron chi connectivity index (χ2n) is 8.13. The van der Waals surface area contributed by atoms with Gasteiger partial charge in [-0.15, -0.1) is 0 Å². The summed E-state index contributed by atoms with van der Waals surface area (Å²) in [7, 11) is 3.14. The number of anilines is 1. The summed E-state index contributed by atoms with van der Waals surface area (Å²) in [6, 6.07) is 1.90. The standard InChI is InChI=1S/C24H24N6O5/c1-32-20-9-17(10-26-23(20)33-2)29-7-4-19-18(13-29)22(28-14-27-19)34-8-5-16-3-6-30(12-16)24(31)21-11-25-15-35-21/h9-11,14-16H,3-4,6-7,12-13H2,1-2H3. The minimum atomic E-state index is -0.178. The number of carbonyl (C=O) groups excluding carboxylic acids is 1. The quantitative estimate of drug-likeness (QED) is 0.506. The maximum atomic E-state index is 12.4. The van der Waals surface area contributed by atoms with Gasteiger partial charge in [0.1, 0.15) is 12.4 Å². The summed E-state index contributed by atoms with van der Waals surface area (Å²) < 4.78 is 21.5. The second-order valence-corrected chi connectivity index (χ2v) is 8.13. The van der Waals surface area contributed by atoms with Crippen LogP contribution in [-0.2, 0) is 13.0 Å². The summed E-state index contributed by atoms with van der Waals surface area (Å²) in [5.74, 6) is 4.61. The number of likely N-dealkylation sites (tertiary alicyclic amines) is 1. The van der Waals surface area contributed by atoms with Crippen molar-refractivity contribution in [3.05, 3.63) is 48.2 Å². The van der Waals surface area contributed by atoms with Gasteiger partial charge in [-0.05, 0) is 6.42 Å². The average Bonchev–Trinajstić information content (AvgIpc) is 3.61. The monoisotopic (exact) mass is 476 g/mol. The number of methoxy groups -OCH3 is 2. The molecule has 0 bridgehead atoms. The van der Waals surface area contributed by atoms with Crippen LogP contribution in [-0.4, -0.2) is 64.6 Å². The van der Waals surface area contributed by atoms with Crippen molar-refractivity contribution in [1.82, 2.24) is 24.8 Å². The summed E-state index contributed by atoms with van der Waals surface area (Å²) in [5, 5.41) is 0. The fraction of sp³-hybridized carbons (Fsp3) is 0.375. The number of amides is 1. The van der Waals surface area contributed by atoms with Crippen LogP contribution in [0.3, 0.4) is 0 Å². The maximum Gasteiger partial charge on any atom is 0.291 e. The highest BCUT2D eigenvalue weighted by Crippen LogP contribution is 2.32. The molecule has 5 rings (SSSR count). The third-order valence-corrected chi connectivity index (χ3v) is 6.07. The van der Waals surface area contributed by atoms with E-state index in [-0.39, 0.29) is 17.6 Å². The van der Waals surface area contributed by atoms with Crippen molar-refractivity contribution in [3.8, 4) is 29.5 Å². The van der Waals surface area contributed by atoms with Gasteiger partial charge in [0.05, 0.1) is 50.1 Å². The molecule has 5 heterocycles. The smallest absolute Gasteiger partial charge is 0.291 e. The van der Waals surface area contributed by atoms with Gasteiger partial charge < -0.3 is 28.4 Å². The SMILES string of the molecule is COc1cc(N2CCc3ncnc(OC#CC4CCN(C(=O)c5cnco5)C4)c3C2)cnc1OC. The fourth-order valence-electron chi connectivity index (χ4n) is 4.22. The van der Waals surface area contributed by atoms with E-state index in [2.05, 4.69) is 36.9 Å². The zero-order chi connectivity index (χ0) is 24.2. The van der Waals surface area contributed by atoms with E-state index in [0.29, 0.717) is 37.1 Å². The summed E-state index contributed by atoms with van der Waals surface area (Å²) in [4.78, 5) is 33.2. The molecule has 35 heavy (non-hydrogen) atoms. The van der Waals surface area contributed by atoms with Crippen LogP contribution in [0.25, 0.3) is 0 Å². The van der Waals surface area contributed by atoms with Crippen LogP contribution in [0.5, 0.6) is 17.5 Å². The molecule has 1 amide bonds. The van der Waals surface area contributed by atoms with E-state index < -0.39 is 0 Å². The Hall–Kier alpha value is -4.33. The predicted octanol–water partition coefficient (Wildman–Crippen LogP) is 1.94. The van der Waals surface area contributed by atoms with Crippen LogP contribution in [0.4, 0.5) is 5.69 Å². The van der Waals surface area contributed by atoms with Crippen molar-refractivity contribution in [2.24, 2.45) is 5.92 Å². The van der Waals surface area contributed by atoms with Crippen LogP contribution in [0, 0.1) is 17.9 Å². The Morgan fingerprint density at radius 1 is 1.14 bits per heavy atom. The lowest BCUT2D eigenvalue weighted by Crippen LogP contribution is -2.31. The number of fused-ring (bicyclic) bond motifs is 1. The van der Waals surface area contributed by atoms with E-state index in [9.17, 15) is 4.79 Å². The number of hydrogen-bond donors (Lipinski definition) is 0. The number of oxazole rings is 1. The lowest BCUT2D eigenvalue weighted by molar-refractivity contribution is 0.0758. The fourth-order valence-corrected chi connectivity index (χ4v) is 4.22. The largest absolute Gasteiger partial charge is 0.491 e. The molecule has 3 aromatic heterocycles. The van der Waals surface area contributed by atoms with Gasteiger partial charge in [-0.1, -0.05) is 5.92 Å². The Kier molecular flexibility index (Phi) is 6.34. The van der Waals surface area contributed by atoms with Gasteiger partial charge in [-0.25, -0.2) is 19.9 Å². The Bertz CT molecular complexity index is 1270. The van der Waals surface area contributed by atoms with Crippen LogP contribution in [0.1, 0.15) is 28.2 Å². The van der Waals surface area contributed by atoms with Gasteiger partial charge in [0.25, 0.3) is 11.8 Å². The Labute approximate surface area is 202 Å². The molecule has 1 fully saturated rings. The summed E-state index contributed by atoms with van der Waals surface area (Å²) in [6.07, 6.45) is 10.2. The van der Waals surface area contributed by atoms with Gasteiger partial charge in [0.2, 0.25) is 11.6 Å². The highest BCUT2D eigenvalue weighted by Gasteiger charge is 2.28. The molecule has 1 atom stereocenters. The molecule has 0 radical (unpaired) electrons. The first-order valence-corrected chi connectivity index (χ1v) is 11.2. The molecule has 0 saturated carbocycles.